The second-order valence-corrected chi connectivity index (χ2v) is 6.68. The molecule has 1 saturated heterocycles. The largest absolute Gasteiger partial charge is 0.393 e. The molecule has 23 heavy (non-hydrogen) atoms. The molecule has 3 atom stereocenters. The lowest BCUT2D eigenvalue weighted by molar-refractivity contribution is 0.0211. The number of carbonyl (C=O) groups is 1. The Morgan fingerprint density at radius 3 is 2.96 bits per heavy atom. The molecule has 1 amide bonds. The molecule has 1 saturated carbocycles. The van der Waals surface area contributed by atoms with E-state index in [1.807, 2.05) is 17.9 Å². The second-order valence-electron chi connectivity index (χ2n) is 6.68. The zero-order valence-corrected chi connectivity index (χ0v) is 13.9. The molecule has 2 fully saturated rings. The first kappa shape index (κ1) is 16.2. The Labute approximate surface area is 138 Å². The van der Waals surface area contributed by atoms with Crippen molar-refractivity contribution >= 4 is 11.7 Å². The molecule has 1 aliphatic heterocycles. The average Bonchev–Trinajstić information content (AvgIpc) is 3.04. The molecule has 2 aliphatic rings. The summed E-state index contributed by atoms with van der Waals surface area (Å²) in [7, 11) is 0. The zero-order chi connectivity index (χ0) is 16.2. The summed E-state index contributed by atoms with van der Waals surface area (Å²) in [5, 5.41) is 13.5. The van der Waals surface area contributed by atoms with E-state index in [1.165, 1.54) is 6.42 Å². The van der Waals surface area contributed by atoms with Crippen molar-refractivity contribution in [2.24, 2.45) is 5.92 Å². The fraction of sp³-hybridized carbons (Fsp3) is 0.667. The van der Waals surface area contributed by atoms with E-state index in [-0.39, 0.29) is 24.0 Å². The summed E-state index contributed by atoms with van der Waals surface area (Å²) in [6.07, 6.45) is 7.67. The second kappa shape index (κ2) is 7.30. The van der Waals surface area contributed by atoms with Crippen LogP contribution in [0.4, 0.5) is 5.82 Å². The van der Waals surface area contributed by atoms with E-state index >= 15 is 0 Å². The van der Waals surface area contributed by atoms with Gasteiger partial charge in [-0.05, 0) is 44.7 Å². The van der Waals surface area contributed by atoms with E-state index < -0.39 is 0 Å². The Kier molecular flexibility index (Phi) is 5.16. The molecule has 5 heteroatoms. The van der Waals surface area contributed by atoms with Crippen LogP contribution in [0.5, 0.6) is 0 Å². The number of carbonyl (C=O) groups excluding carboxylic acids is 1. The Morgan fingerprint density at radius 2 is 2.17 bits per heavy atom. The van der Waals surface area contributed by atoms with Crippen molar-refractivity contribution in [2.75, 3.05) is 18.4 Å². The molecule has 0 unspecified atom stereocenters. The first-order valence-corrected chi connectivity index (χ1v) is 8.89. The van der Waals surface area contributed by atoms with Gasteiger partial charge in [0, 0.05) is 36.8 Å². The molecule has 3 rings (SSSR count). The Hall–Kier alpha value is -1.62. The normalized spacial score (nSPS) is 27.9. The standard InChI is InChI=1S/C18H27N3O2/c1-2-19-17-12-13(9-10-20-17)18(23)21-11-5-7-15(21)14-6-3-4-8-16(14)22/h9-10,12,14-16,22H,2-8,11H2,1H3,(H,19,20)/t14-,15-,16-/m1/s1. The van der Waals surface area contributed by atoms with Gasteiger partial charge in [0.2, 0.25) is 0 Å². The van der Waals surface area contributed by atoms with Gasteiger partial charge in [0.05, 0.1) is 6.10 Å². The highest BCUT2D eigenvalue weighted by atomic mass is 16.3. The number of aliphatic hydroxyl groups is 1. The summed E-state index contributed by atoms with van der Waals surface area (Å²) in [5.41, 5.74) is 0.688. The van der Waals surface area contributed by atoms with Gasteiger partial charge in [-0.3, -0.25) is 4.79 Å². The highest BCUT2D eigenvalue weighted by molar-refractivity contribution is 5.95. The molecular formula is C18H27N3O2. The van der Waals surface area contributed by atoms with Crippen molar-refractivity contribution in [2.45, 2.75) is 57.6 Å². The fourth-order valence-electron chi connectivity index (χ4n) is 4.09. The van der Waals surface area contributed by atoms with Crippen molar-refractivity contribution in [3.63, 3.8) is 0 Å². The zero-order valence-electron chi connectivity index (χ0n) is 13.9. The maximum atomic E-state index is 13.0. The van der Waals surface area contributed by atoms with Crippen LogP contribution in [0.1, 0.15) is 55.8 Å². The number of rotatable bonds is 4. The summed E-state index contributed by atoms with van der Waals surface area (Å²) in [4.78, 5) is 19.2. The summed E-state index contributed by atoms with van der Waals surface area (Å²) >= 11 is 0. The number of pyridine rings is 1. The number of anilines is 1. The van der Waals surface area contributed by atoms with Crippen molar-refractivity contribution in [1.82, 2.24) is 9.88 Å². The molecule has 2 heterocycles. The van der Waals surface area contributed by atoms with Gasteiger partial charge in [-0.15, -0.1) is 0 Å². The van der Waals surface area contributed by atoms with Crippen LogP contribution in [0.15, 0.2) is 18.3 Å². The predicted octanol–water partition coefficient (Wildman–Crippen LogP) is 2.67. The van der Waals surface area contributed by atoms with Crippen molar-refractivity contribution < 1.29 is 9.90 Å². The highest BCUT2D eigenvalue weighted by Crippen LogP contribution is 2.35. The van der Waals surface area contributed by atoms with Crippen LogP contribution in [0.3, 0.4) is 0 Å². The molecule has 1 aromatic rings. The van der Waals surface area contributed by atoms with Gasteiger partial charge >= 0.3 is 0 Å². The van der Waals surface area contributed by atoms with E-state index in [1.54, 1.807) is 12.3 Å². The lowest BCUT2D eigenvalue weighted by atomic mass is 9.80. The number of likely N-dealkylation sites (tertiary alicyclic amines) is 1. The number of nitrogens with zero attached hydrogens (tertiary/aromatic N) is 2. The van der Waals surface area contributed by atoms with E-state index in [9.17, 15) is 9.90 Å². The number of aromatic nitrogens is 1. The average molecular weight is 317 g/mol. The summed E-state index contributed by atoms with van der Waals surface area (Å²) in [5.74, 6) is 1.06. The van der Waals surface area contributed by atoms with Crippen LogP contribution in [-0.2, 0) is 0 Å². The number of hydrogen-bond acceptors (Lipinski definition) is 4. The van der Waals surface area contributed by atoms with E-state index in [4.69, 9.17) is 0 Å². The van der Waals surface area contributed by atoms with Crippen molar-refractivity contribution in [3.05, 3.63) is 23.9 Å². The third kappa shape index (κ3) is 3.50. The minimum absolute atomic E-state index is 0.0758. The molecular weight excluding hydrogens is 290 g/mol. The van der Waals surface area contributed by atoms with E-state index in [0.717, 1.165) is 51.0 Å². The van der Waals surface area contributed by atoms with Crippen LogP contribution in [-0.4, -0.2) is 46.1 Å². The summed E-state index contributed by atoms with van der Waals surface area (Å²) in [6.45, 7) is 3.59. The third-order valence-electron chi connectivity index (χ3n) is 5.20. The SMILES string of the molecule is CCNc1cc(C(=O)N2CCC[C@@H]2[C@H]2CCCC[C@H]2O)ccn1. The molecule has 0 bridgehead atoms. The van der Waals surface area contributed by atoms with Gasteiger partial charge in [-0.2, -0.15) is 0 Å². The number of amides is 1. The van der Waals surface area contributed by atoms with Crippen LogP contribution in [0, 0.1) is 5.92 Å². The van der Waals surface area contributed by atoms with Gasteiger partial charge in [0.15, 0.2) is 0 Å². The van der Waals surface area contributed by atoms with Gasteiger partial charge in [0.25, 0.3) is 5.91 Å². The van der Waals surface area contributed by atoms with Crippen molar-refractivity contribution in [3.8, 4) is 0 Å². The highest BCUT2D eigenvalue weighted by Gasteiger charge is 2.39. The molecule has 1 aromatic heterocycles. The summed E-state index contributed by atoms with van der Waals surface area (Å²) in [6, 6.07) is 3.81. The minimum Gasteiger partial charge on any atom is -0.393 e. The molecule has 126 valence electrons. The number of nitrogens with one attached hydrogen (secondary N) is 1. The Morgan fingerprint density at radius 1 is 1.35 bits per heavy atom. The first-order valence-electron chi connectivity index (χ1n) is 8.89. The maximum Gasteiger partial charge on any atom is 0.254 e. The first-order chi connectivity index (χ1) is 11.2. The minimum atomic E-state index is -0.253. The smallest absolute Gasteiger partial charge is 0.254 e. The fourth-order valence-corrected chi connectivity index (χ4v) is 4.09. The molecule has 0 spiro atoms. The maximum absolute atomic E-state index is 13.0. The topological polar surface area (TPSA) is 65.5 Å². The lowest BCUT2D eigenvalue weighted by Crippen LogP contribution is -2.45. The van der Waals surface area contributed by atoms with Crippen LogP contribution < -0.4 is 5.32 Å². The molecule has 2 N–H and O–H groups in total. The third-order valence-corrected chi connectivity index (χ3v) is 5.20. The van der Waals surface area contributed by atoms with Gasteiger partial charge in [-0.1, -0.05) is 12.8 Å². The number of hydrogen-bond donors (Lipinski definition) is 2. The number of aliphatic hydroxyl groups excluding tert-OH is 1. The molecule has 0 radical (unpaired) electrons. The van der Waals surface area contributed by atoms with Gasteiger partial charge < -0.3 is 15.3 Å². The summed E-state index contributed by atoms with van der Waals surface area (Å²) < 4.78 is 0. The van der Waals surface area contributed by atoms with Crippen molar-refractivity contribution in [1.29, 1.82) is 0 Å². The van der Waals surface area contributed by atoms with Gasteiger partial charge in [-0.25, -0.2) is 4.98 Å². The lowest BCUT2D eigenvalue weighted by Gasteiger charge is -2.37. The van der Waals surface area contributed by atoms with Crippen LogP contribution >= 0.6 is 0 Å². The van der Waals surface area contributed by atoms with Gasteiger partial charge in [0.1, 0.15) is 5.82 Å². The molecule has 1 aliphatic carbocycles. The molecule has 0 aromatic carbocycles. The monoisotopic (exact) mass is 317 g/mol. The van der Waals surface area contributed by atoms with E-state index in [0.29, 0.717) is 5.56 Å². The Balaban J connectivity index is 1.76. The predicted molar refractivity (Wildman–Crippen MR) is 90.4 cm³/mol. The van der Waals surface area contributed by atoms with Crippen LogP contribution in [0.25, 0.3) is 0 Å². The Bertz CT molecular complexity index is 549. The van der Waals surface area contributed by atoms with E-state index in [2.05, 4.69) is 10.3 Å². The quantitative estimate of drug-likeness (QED) is 0.896. The molecule has 5 nitrogen and oxygen atoms in total. The van der Waals surface area contributed by atoms with Crippen LogP contribution in [0.2, 0.25) is 0 Å².